The van der Waals surface area contributed by atoms with Gasteiger partial charge in [0.25, 0.3) is 0 Å². The van der Waals surface area contributed by atoms with Crippen LogP contribution in [-0.2, 0) is 14.3 Å². The van der Waals surface area contributed by atoms with Crippen LogP contribution in [0.3, 0.4) is 0 Å². The SMILES string of the molecule is C=C(C)C(=O)OCCOC1(C(C)(C)C)C=CC(C(=O)c2ccccc2)=C(O)C1. The highest BCUT2D eigenvalue weighted by Crippen LogP contribution is 2.43. The van der Waals surface area contributed by atoms with Gasteiger partial charge in [0, 0.05) is 17.6 Å². The molecule has 1 atom stereocenters. The number of esters is 1. The number of hydrogen-bond donors (Lipinski definition) is 1. The fraction of sp³-hybridized carbons (Fsp3) is 0.391. The van der Waals surface area contributed by atoms with Gasteiger partial charge in [0.05, 0.1) is 17.8 Å². The molecule has 0 amide bonds. The maximum Gasteiger partial charge on any atom is 0.333 e. The van der Waals surface area contributed by atoms with Crippen LogP contribution >= 0.6 is 0 Å². The molecular weight excluding hydrogens is 356 g/mol. The molecule has 28 heavy (non-hydrogen) atoms. The summed E-state index contributed by atoms with van der Waals surface area (Å²) in [4.78, 5) is 24.2. The monoisotopic (exact) mass is 384 g/mol. The standard InChI is InChI=1S/C23H28O5/c1-16(2)21(26)27-13-14-28-23(22(3,4)5)12-11-18(19(24)15-23)20(25)17-9-7-6-8-10-17/h6-12,24H,1,13-15H2,2-5H3. The molecule has 0 heterocycles. The Morgan fingerprint density at radius 1 is 1.18 bits per heavy atom. The highest BCUT2D eigenvalue weighted by Gasteiger charge is 2.44. The van der Waals surface area contributed by atoms with Gasteiger partial charge in [-0.05, 0) is 18.4 Å². The van der Waals surface area contributed by atoms with E-state index in [1.165, 1.54) is 0 Å². The molecule has 0 aromatic heterocycles. The average molecular weight is 384 g/mol. The summed E-state index contributed by atoms with van der Waals surface area (Å²) >= 11 is 0. The van der Waals surface area contributed by atoms with E-state index >= 15 is 0 Å². The minimum atomic E-state index is -0.826. The van der Waals surface area contributed by atoms with Crippen LogP contribution in [-0.4, -0.2) is 35.7 Å². The maximum absolute atomic E-state index is 12.7. The molecular formula is C23H28O5. The van der Waals surface area contributed by atoms with Gasteiger partial charge in [-0.15, -0.1) is 0 Å². The van der Waals surface area contributed by atoms with Crippen LogP contribution in [0.15, 0.2) is 66.0 Å². The first-order valence-corrected chi connectivity index (χ1v) is 9.25. The van der Waals surface area contributed by atoms with E-state index in [1.807, 2.05) is 32.9 Å². The van der Waals surface area contributed by atoms with Gasteiger partial charge >= 0.3 is 5.97 Å². The Morgan fingerprint density at radius 3 is 2.36 bits per heavy atom. The second-order valence-electron chi connectivity index (χ2n) is 7.97. The van der Waals surface area contributed by atoms with Gasteiger partial charge in [0.2, 0.25) is 0 Å². The molecule has 1 aliphatic carbocycles. The van der Waals surface area contributed by atoms with E-state index in [0.29, 0.717) is 11.1 Å². The molecule has 150 valence electrons. The summed E-state index contributed by atoms with van der Waals surface area (Å²) in [6.45, 7) is 11.3. The highest BCUT2D eigenvalue weighted by atomic mass is 16.6. The predicted octanol–water partition coefficient (Wildman–Crippen LogP) is 4.56. The van der Waals surface area contributed by atoms with Gasteiger partial charge in [-0.1, -0.05) is 63.8 Å². The molecule has 5 heteroatoms. The smallest absolute Gasteiger partial charge is 0.333 e. The number of ether oxygens (including phenoxy) is 2. The van der Waals surface area contributed by atoms with Crippen LogP contribution in [0.5, 0.6) is 0 Å². The van der Waals surface area contributed by atoms with Crippen molar-refractivity contribution in [3.05, 3.63) is 71.5 Å². The van der Waals surface area contributed by atoms with Crippen molar-refractivity contribution in [2.45, 2.75) is 39.7 Å². The molecule has 5 nitrogen and oxygen atoms in total. The first kappa shape index (κ1) is 21.6. The lowest BCUT2D eigenvalue weighted by molar-refractivity contribution is -0.145. The van der Waals surface area contributed by atoms with Crippen molar-refractivity contribution < 1.29 is 24.2 Å². The fourth-order valence-electron chi connectivity index (χ4n) is 2.98. The van der Waals surface area contributed by atoms with Gasteiger partial charge in [0.15, 0.2) is 5.78 Å². The second-order valence-corrected chi connectivity index (χ2v) is 7.97. The lowest BCUT2D eigenvalue weighted by Crippen LogP contribution is -2.46. The molecule has 1 aliphatic rings. The molecule has 1 aromatic carbocycles. The Morgan fingerprint density at radius 2 is 1.82 bits per heavy atom. The van der Waals surface area contributed by atoms with E-state index in [0.717, 1.165) is 0 Å². The largest absolute Gasteiger partial charge is 0.511 e. The molecule has 0 aliphatic heterocycles. The third-order valence-corrected chi connectivity index (χ3v) is 4.83. The summed E-state index contributed by atoms with van der Waals surface area (Å²) in [5.74, 6) is -0.705. The van der Waals surface area contributed by atoms with E-state index in [2.05, 4.69) is 6.58 Å². The van der Waals surface area contributed by atoms with Crippen LogP contribution in [0, 0.1) is 5.41 Å². The second kappa shape index (κ2) is 8.57. The number of carbonyl (C=O) groups excluding carboxylic acids is 2. The lowest BCUT2D eigenvalue weighted by atomic mass is 9.71. The minimum absolute atomic E-state index is 0.00907. The molecule has 0 spiro atoms. The van der Waals surface area contributed by atoms with E-state index < -0.39 is 11.6 Å². The molecule has 0 fully saturated rings. The van der Waals surface area contributed by atoms with E-state index in [1.54, 1.807) is 37.3 Å². The molecule has 0 radical (unpaired) electrons. The Balaban J connectivity index is 2.15. The molecule has 1 aromatic rings. The van der Waals surface area contributed by atoms with E-state index in [4.69, 9.17) is 9.47 Å². The van der Waals surface area contributed by atoms with Gasteiger partial charge in [0.1, 0.15) is 12.4 Å². The van der Waals surface area contributed by atoms with Crippen LogP contribution in [0.4, 0.5) is 0 Å². The van der Waals surface area contributed by atoms with Crippen molar-refractivity contribution in [3.63, 3.8) is 0 Å². The minimum Gasteiger partial charge on any atom is -0.511 e. The Hall–Kier alpha value is -2.66. The van der Waals surface area contributed by atoms with E-state index in [9.17, 15) is 14.7 Å². The van der Waals surface area contributed by atoms with Crippen molar-refractivity contribution in [3.8, 4) is 0 Å². The molecule has 1 N–H and O–H groups in total. The van der Waals surface area contributed by atoms with Gasteiger partial charge < -0.3 is 14.6 Å². The number of hydrogen-bond acceptors (Lipinski definition) is 5. The third kappa shape index (κ3) is 4.78. The molecule has 1 unspecified atom stereocenters. The van der Waals surface area contributed by atoms with Gasteiger partial charge in [-0.2, -0.15) is 0 Å². The lowest BCUT2D eigenvalue weighted by Gasteiger charge is -2.44. The summed E-state index contributed by atoms with van der Waals surface area (Å²) in [6.07, 6.45) is 3.61. The van der Waals surface area contributed by atoms with Gasteiger partial charge in [-0.3, -0.25) is 4.79 Å². The predicted molar refractivity (Wildman–Crippen MR) is 108 cm³/mol. The molecule has 0 saturated carbocycles. The van der Waals surface area contributed by atoms with Crippen LogP contribution < -0.4 is 0 Å². The number of carbonyl (C=O) groups is 2. The zero-order chi connectivity index (χ0) is 20.9. The normalized spacial score (nSPS) is 19.4. The summed E-state index contributed by atoms with van der Waals surface area (Å²) in [5.41, 5.74) is -0.0784. The topological polar surface area (TPSA) is 72.8 Å². The number of ketones is 1. The zero-order valence-corrected chi connectivity index (χ0v) is 17.0. The van der Waals surface area contributed by atoms with Crippen molar-refractivity contribution >= 4 is 11.8 Å². The molecule has 0 saturated heterocycles. The Labute approximate surface area is 166 Å². The van der Waals surface area contributed by atoms with Gasteiger partial charge in [-0.25, -0.2) is 4.79 Å². The van der Waals surface area contributed by atoms with Crippen molar-refractivity contribution in [1.82, 2.24) is 0 Å². The van der Waals surface area contributed by atoms with Crippen LogP contribution in [0.2, 0.25) is 0 Å². The summed E-state index contributed by atoms with van der Waals surface area (Å²) in [7, 11) is 0. The molecule has 0 bridgehead atoms. The number of aliphatic hydroxyl groups is 1. The first-order valence-electron chi connectivity index (χ1n) is 9.25. The zero-order valence-electron chi connectivity index (χ0n) is 17.0. The summed E-state index contributed by atoms with van der Waals surface area (Å²) in [6, 6.07) is 8.84. The number of benzene rings is 1. The number of Topliss-reactive ketones (excluding diaryl/α,β-unsaturated/α-hetero) is 1. The average Bonchev–Trinajstić information content (AvgIpc) is 2.64. The fourth-order valence-corrected chi connectivity index (χ4v) is 2.98. The van der Waals surface area contributed by atoms with Crippen molar-refractivity contribution in [1.29, 1.82) is 0 Å². The Bertz CT molecular complexity index is 811. The number of rotatable bonds is 7. The summed E-state index contributed by atoms with van der Waals surface area (Å²) in [5, 5.41) is 10.6. The maximum atomic E-state index is 12.7. The third-order valence-electron chi connectivity index (χ3n) is 4.83. The summed E-state index contributed by atoms with van der Waals surface area (Å²) < 4.78 is 11.2. The highest BCUT2D eigenvalue weighted by molar-refractivity contribution is 6.11. The first-order chi connectivity index (χ1) is 13.1. The number of aliphatic hydroxyl groups excluding tert-OH is 1. The quantitative estimate of drug-likeness (QED) is 0.323. The Kier molecular flexibility index (Phi) is 6.62. The van der Waals surface area contributed by atoms with E-state index in [-0.39, 0.29) is 42.2 Å². The van der Waals surface area contributed by atoms with Crippen molar-refractivity contribution in [2.75, 3.05) is 13.2 Å². The van der Waals surface area contributed by atoms with Crippen molar-refractivity contribution in [2.24, 2.45) is 5.41 Å². The van der Waals surface area contributed by atoms with Crippen LogP contribution in [0.1, 0.15) is 44.5 Å². The van der Waals surface area contributed by atoms with Crippen LogP contribution in [0.25, 0.3) is 0 Å². The number of allylic oxidation sites excluding steroid dienone is 2. The molecule has 2 rings (SSSR count).